The summed E-state index contributed by atoms with van der Waals surface area (Å²) in [5, 5.41) is 2.64. The number of nitrogens with one attached hydrogen (secondary N) is 1. The lowest BCUT2D eigenvalue weighted by molar-refractivity contribution is -0.119. The zero-order chi connectivity index (χ0) is 14.3. The highest BCUT2D eigenvalue weighted by atomic mass is 35.5. The summed E-state index contributed by atoms with van der Waals surface area (Å²) in [7, 11) is 1.63. The van der Waals surface area contributed by atoms with Crippen molar-refractivity contribution in [3.63, 3.8) is 0 Å². The van der Waals surface area contributed by atoms with E-state index in [-0.39, 0.29) is 17.3 Å². The van der Waals surface area contributed by atoms with Crippen molar-refractivity contribution in [2.75, 3.05) is 13.7 Å². The molecule has 1 N–H and O–H groups in total. The lowest BCUT2D eigenvalue weighted by atomic mass is 10.2. The third-order valence-electron chi connectivity index (χ3n) is 3.60. The number of fused-ring (bicyclic) bond motifs is 1. The summed E-state index contributed by atoms with van der Waals surface area (Å²) < 4.78 is 7.34. The Kier molecular flexibility index (Phi) is 3.30. The van der Waals surface area contributed by atoms with Gasteiger partial charge in [0, 0.05) is 19.0 Å². The van der Waals surface area contributed by atoms with E-state index < -0.39 is 0 Å². The molecule has 1 amide bonds. The largest absolute Gasteiger partial charge is 0.497 e. The Balaban J connectivity index is 2.19. The molecule has 2 aromatic rings. The van der Waals surface area contributed by atoms with Crippen LogP contribution in [-0.2, 0) is 4.79 Å². The molecule has 1 aromatic carbocycles. The SMILES string of the molecule is COc1ccc2nc(C(C)Cl)n(C3CNC(=O)C3)c2c1. The van der Waals surface area contributed by atoms with Crippen molar-refractivity contribution < 1.29 is 9.53 Å². The number of hydrogen-bond acceptors (Lipinski definition) is 3. The average Bonchev–Trinajstić information content (AvgIpc) is 3.00. The Morgan fingerprint density at radius 3 is 2.95 bits per heavy atom. The highest BCUT2D eigenvalue weighted by molar-refractivity contribution is 6.20. The summed E-state index contributed by atoms with van der Waals surface area (Å²) >= 11 is 6.25. The number of carbonyl (C=O) groups is 1. The second-order valence-corrected chi connectivity index (χ2v) is 5.63. The van der Waals surface area contributed by atoms with Crippen LogP contribution in [0.25, 0.3) is 11.0 Å². The van der Waals surface area contributed by atoms with E-state index in [1.54, 1.807) is 7.11 Å². The Morgan fingerprint density at radius 1 is 1.55 bits per heavy atom. The van der Waals surface area contributed by atoms with Gasteiger partial charge in [-0.1, -0.05) is 0 Å². The second kappa shape index (κ2) is 4.98. The van der Waals surface area contributed by atoms with Gasteiger partial charge in [0.25, 0.3) is 0 Å². The molecule has 0 radical (unpaired) electrons. The molecule has 0 spiro atoms. The van der Waals surface area contributed by atoms with Gasteiger partial charge in [0.15, 0.2) is 0 Å². The van der Waals surface area contributed by atoms with Crippen molar-refractivity contribution in [3.8, 4) is 5.75 Å². The molecule has 1 saturated heterocycles. The molecule has 1 fully saturated rings. The van der Waals surface area contributed by atoms with Gasteiger partial charge < -0.3 is 14.6 Å². The molecular weight excluding hydrogens is 278 g/mol. The van der Waals surface area contributed by atoms with E-state index in [2.05, 4.69) is 14.9 Å². The van der Waals surface area contributed by atoms with E-state index in [9.17, 15) is 4.79 Å². The number of amides is 1. The van der Waals surface area contributed by atoms with Crippen molar-refractivity contribution in [2.24, 2.45) is 0 Å². The van der Waals surface area contributed by atoms with Crippen LogP contribution in [0, 0.1) is 0 Å². The van der Waals surface area contributed by atoms with Gasteiger partial charge >= 0.3 is 0 Å². The van der Waals surface area contributed by atoms with E-state index in [4.69, 9.17) is 16.3 Å². The molecular formula is C14H16ClN3O2. The third kappa shape index (κ3) is 2.12. The number of hydrogen-bond donors (Lipinski definition) is 1. The molecule has 20 heavy (non-hydrogen) atoms. The minimum atomic E-state index is -0.218. The predicted octanol–water partition coefficient (Wildman–Crippen LogP) is 2.41. The smallest absolute Gasteiger partial charge is 0.222 e. The molecule has 0 aliphatic carbocycles. The molecule has 106 valence electrons. The first kappa shape index (κ1) is 13.2. The average molecular weight is 294 g/mol. The first-order valence-corrected chi connectivity index (χ1v) is 7.00. The van der Waals surface area contributed by atoms with Gasteiger partial charge in [0.2, 0.25) is 5.91 Å². The zero-order valence-corrected chi connectivity index (χ0v) is 12.1. The number of ether oxygens (including phenoxy) is 1. The van der Waals surface area contributed by atoms with Crippen LogP contribution in [0.5, 0.6) is 5.75 Å². The van der Waals surface area contributed by atoms with Gasteiger partial charge in [-0.25, -0.2) is 4.98 Å². The van der Waals surface area contributed by atoms with Crippen molar-refractivity contribution in [2.45, 2.75) is 24.8 Å². The maximum Gasteiger partial charge on any atom is 0.222 e. The minimum absolute atomic E-state index is 0.0517. The summed E-state index contributed by atoms with van der Waals surface area (Å²) in [5.74, 6) is 1.62. The molecule has 1 aliphatic heterocycles. The lowest BCUT2D eigenvalue weighted by Crippen LogP contribution is -2.17. The molecule has 3 rings (SSSR count). The van der Waals surface area contributed by atoms with Crippen LogP contribution >= 0.6 is 11.6 Å². The fourth-order valence-corrected chi connectivity index (χ4v) is 2.81. The van der Waals surface area contributed by atoms with E-state index in [1.165, 1.54) is 0 Å². The monoisotopic (exact) mass is 293 g/mol. The zero-order valence-electron chi connectivity index (χ0n) is 11.4. The Morgan fingerprint density at radius 2 is 2.35 bits per heavy atom. The topological polar surface area (TPSA) is 56.1 Å². The quantitative estimate of drug-likeness (QED) is 0.884. The second-order valence-electron chi connectivity index (χ2n) is 4.97. The number of rotatable bonds is 3. The van der Waals surface area contributed by atoms with Crippen LogP contribution in [-0.4, -0.2) is 29.1 Å². The van der Waals surface area contributed by atoms with Crippen LogP contribution < -0.4 is 10.1 Å². The maximum atomic E-state index is 11.5. The number of halogens is 1. The van der Waals surface area contributed by atoms with Gasteiger partial charge in [-0.2, -0.15) is 0 Å². The molecule has 0 saturated carbocycles. The lowest BCUT2D eigenvalue weighted by Gasteiger charge is -2.16. The number of nitrogens with zero attached hydrogens (tertiary/aromatic N) is 2. The van der Waals surface area contributed by atoms with Gasteiger partial charge in [-0.05, 0) is 19.1 Å². The third-order valence-corrected chi connectivity index (χ3v) is 3.80. The van der Waals surface area contributed by atoms with E-state index >= 15 is 0 Å². The van der Waals surface area contributed by atoms with E-state index in [0.29, 0.717) is 13.0 Å². The maximum absolute atomic E-state index is 11.5. The molecule has 5 nitrogen and oxygen atoms in total. The Labute approximate surface area is 121 Å². The molecule has 1 aromatic heterocycles. The number of alkyl halides is 1. The molecule has 2 atom stereocenters. The molecule has 6 heteroatoms. The summed E-state index contributed by atoms with van der Waals surface area (Å²) in [6.45, 7) is 2.50. The molecule has 2 heterocycles. The number of aromatic nitrogens is 2. The highest BCUT2D eigenvalue weighted by Crippen LogP contribution is 2.32. The van der Waals surface area contributed by atoms with Crippen molar-refractivity contribution >= 4 is 28.5 Å². The molecule has 0 bridgehead atoms. The molecule has 2 unspecified atom stereocenters. The van der Waals surface area contributed by atoms with Crippen molar-refractivity contribution in [3.05, 3.63) is 24.0 Å². The van der Waals surface area contributed by atoms with E-state index in [1.807, 2.05) is 25.1 Å². The van der Waals surface area contributed by atoms with Crippen LogP contribution in [0.15, 0.2) is 18.2 Å². The minimum Gasteiger partial charge on any atom is -0.497 e. The number of methoxy groups -OCH3 is 1. The van der Waals surface area contributed by atoms with Crippen LogP contribution in [0.4, 0.5) is 0 Å². The number of imidazole rings is 1. The van der Waals surface area contributed by atoms with Gasteiger partial charge in [-0.15, -0.1) is 11.6 Å². The van der Waals surface area contributed by atoms with E-state index in [0.717, 1.165) is 22.6 Å². The van der Waals surface area contributed by atoms with Gasteiger partial charge in [0.05, 0.1) is 29.6 Å². The van der Waals surface area contributed by atoms with Crippen molar-refractivity contribution in [1.29, 1.82) is 0 Å². The summed E-state index contributed by atoms with van der Waals surface area (Å²) in [6, 6.07) is 5.78. The highest BCUT2D eigenvalue weighted by Gasteiger charge is 2.28. The number of benzene rings is 1. The van der Waals surface area contributed by atoms with Gasteiger partial charge in [0.1, 0.15) is 11.6 Å². The van der Waals surface area contributed by atoms with Crippen molar-refractivity contribution in [1.82, 2.24) is 14.9 Å². The summed E-state index contributed by atoms with van der Waals surface area (Å²) in [6.07, 6.45) is 0.458. The standard InChI is InChI=1S/C14H16ClN3O2/c1-8(15)14-17-11-4-3-10(20-2)6-12(11)18(14)9-5-13(19)16-7-9/h3-4,6,8-9H,5,7H2,1-2H3,(H,16,19). The summed E-state index contributed by atoms with van der Waals surface area (Å²) in [4.78, 5) is 16.1. The predicted molar refractivity (Wildman–Crippen MR) is 77.2 cm³/mol. The Hall–Kier alpha value is -1.75. The van der Waals surface area contributed by atoms with Crippen LogP contribution in [0.2, 0.25) is 0 Å². The summed E-state index contributed by atoms with van der Waals surface area (Å²) in [5.41, 5.74) is 1.82. The van der Waals surface area contributed by atoms with Gasteiger partial charge in [-0.3, -0.25) is 4.79 Å². The first-order chi connectivity index (χ1) is 9.60. The normalized spacial score (nSPS) is 20.1. The molecule has 1 aliphatic rings. The fraction of sp³-hybridized carbons (Fsp3) is 0.429. The van der Waals surface area contributed by atoms with Crippen LogP contribution in [0.1, 0.15) is 30.6 Å². The number of carbonyl (C=O) groups excluding carboxylic acids is 1. The Bertz CT molecular complexity index is 666. The van der Waals surface area contributed by atoms with Crippen LogP contribution in [0.3, 0.4) is 0 Å². The first-order valence-electron chi connectivity index (χ1n) is 6.57. The fourth-order valence-electron chi connectivity index (χ4n) is 2.66.